The van der Waals surface area contributed by atoms with E-state index in [-0.39, 0.29) is 0 Å². The monoisotopic (exact) mass is 263 g/mol. The van der Waals surface area contributed by atoms with Gasteiger partial charge in [0.05, 0.1) is 7.11 Å². The minimum atomic E-state index is 0.694. The summed E-state index contributed by atoms with van der Waals surface area (Å²) in [5.41, 5.74) is 1.40. The molecule has 2 nitrogen and oxygen atoms in total. The van der Waals surface area contributed by atoms with Gasteiger partial charge in [-0.1, -0.05) is 13.8 Å². The summed E-state index contributed by atoms with van der Waals surface area (Å²) in [5.74, 6) is 1.63. The Morgan fingerprint density at radius 2 is 2.11 bits per heavy atom. The Kier molecular flexibility index (Phi) is 4.25. The van der Waals surface area contributed by atoms with E-state index in [1.54, 1.807) is 7.11 Å². The van der Waals surface area contributed by atoms with Gasteiger partial charge in [-0.25, -0.2) is 0 Å². The molecule has 0 aliphatic rings. The van der Waals surface area contributed by atoms with Gasteiger partial charge in [0.1, 0.15) is 5.75 Å². The number of benzene rings is 1. The van der Waals surface area contributed by atoms with Crippen LogP contribution < -0.4 is 10.1 Å². The normalized spacial score (nSPS) is 11.4. The van der Waals surface area contributed by atoms with E-state index in [1.807, 2.05) is 17.4 Å². The van der Waals surface area contributed by atoms with Gasteiger partial charge in [-0.2, -0.15) is 0 Å². The molecule has 98 valence electrons. The zero-order chi connectivity index (χ0) is 13.1. The molecule has 0 unspecified atom stereocenters. The first-order valence-electron chi connectivity index (χ1n) is 6.38. The lowest BCUT2D eigenvalue weighted by Gasteiger charge is -2.06. The van der Waals surface area contributed by atoms with Crippen LogP contribution in [0.4, 0.5) is 0 Å². The summed E-state index contributed by atoms with van der Waals surface area (Å²) in [4.78, 5) is 1.43. The molecule has 0 bridgehead atoms. The van der Waals surface area contributed by atoms with Gasteiger partial charge in [-0.05, 0) is 48.5 Å². The van der Waals surface area contributed by atoms with E-state index in [0.717, 1.165) is 18.8 Å². The topological polar surface area (TPSA) is 21.3 Å². The number of aryl methyl sites for hydroxylation is 1. The molecule has 0 spiro atoms. The van der Waals surface area contributed by atoms with Crippen molar-refractivity contribution < 1.29 is 4.74 Å². The van der Waals surface area contributed by atoms with Crippen LogP contribution in [0.3, 0.4) is 0 Å². The molecule has 0 aliphatic carbocycles. The molecule has 3 heteroatoms. The van der Waals surface area contributed by atoms with E-state index in [0.29, 0.717) is 5.92 Å². The predicted molar refractivity (Wildman–Crippen MR) is 79.7 cm³/mol. The van der Waals surface area contributed by atoms with Crippen LogP contribution in [-0.2, 0) is 6.54 Å². The molecule has 2 rings (SSSR count). The highest BCUT2D eigenvalue weighted by molar-refractivity contribution is 7.19. The summed E-state index contributed by atoms with van der Waals surface area (Å²) in [6, 6.07) is 6.32. The summed E-state index contributed by atoms with van der Waals surface area (Å²) < 4.78 is 6.59. The van der Waals surface area contributed by atoms with E-state index < -0.39 is 0 Å². The molecule has 18 heavy (non-hydrogen) atoms. The Morgan fingerprint density at radius 3 is 2.78 bits per heavy atom. The third kappa shape index (κ3) is 2.85. The third-order valence-corrected chi connectivity index (χ3v) is 4.34. The minimum Gasteiger partial charge on any atom is -0.497 e. The summed E-state index contributed by atoms with van der Waals surface area (Å²) in [6.45, 7) is 8.70. The van der Waals surface area contributed by atoms with Crippen molar-refractivity contribution in [2.24, 2.45) is 5.92 Å². The average molecular weight is 263 g/mol. The highest BCUT2D eigenvalue weighted by atomic mass is 32.1. The zero-order valence-corrected chi connectivity index (χ0v) is 12.4. The molecule has 1 aromatic heterocycles. The lowest BCUT2D eigenvalue weighted by atomic mass is 10.1. The quantitative estimate of drug-likeness (QED) is 0.881. The maximum absolute atomic E-state index is 5.28. The molecule has 0 amide bonds. The maximum atomic E-state index is 5.28. The average Bonchev–Trinajstić information content (AvgIpc) is 2.65. The Labute approximate surface area is 113 Å². The fourth-order valence-corrected chi connectivity index (χ4v) is 3.24. The fourth-order valence-electron chi connectivity index (χ4n) is 2.03. The zero-order valence-electron chi connectivity index (χ0n) is 11.5. The third-order valence-electron chi connectivity index (χ3n) is 3.08. The van der Waals surface area contributed by atoms with Gasteiger partial charge >= 0.3 is 0 Å². The van der Waals surface area contributed by atoms with Crippen LogP contribution in [0.25, 0.3) is 10.1 Å². The summed E-state index contributed by atoms with van der Waals surface area (Å²) >= 11 is 1.86. The van der Waals surface area contributed by atoms with Crippen LogP contribution in [0.15, 0.2) is 18.2 Å². The standard InChI is InChI=1S/C15H21NOS/c1-10(2)8-16-9-15-11(3)13-6-5-12(17-4)7-14(13)18-15/h5-7,10,16H,8-9H2,1-4H3. The van der Waals surface area contributed by atoms with Crippen LogP contribution in [0.5, 0.6) is 5.75 Å². The van der Waals surface area contributed by atoms with Crippen molar-refractivity contribution in [2.75, 3.05) is 13.7 Å². The van der Waals surface area contributed by atoms with Crippen LogP contribution in [-0.4, -0.2) is 13.7 Å². The summed E-state index contributed by atoms with van der Waals surface area (Å²) in [7, 11) is 1.72. The van der Waals surface area contributed by atoms with Crippen molar-refractivity contribution in [3.63, 3.8) is 0 Å². The Morgan fingerprint density at radius 1 is 1.33 bits per heavy atom. The number of hydrogen-bond donors (Lipinski definition) is 1. The molecule has 0 saturated heterocycles. The van der Waals surface area contributed by atoms with Gasteiger partial charge in [-0.3, -0.25) is 0 Å². The molecular weight excluding hydrogens is 242 g/mol. The second kappa shape index (κ2) is 5.72. The van der Waals surface area contributed by atoms with E-state index in [2.05, 4.69) is 38.2 Å². The second-order valence-electron chi connectivity index (χ2n) is 5.04. The van der Waals surface area contributed by atoms with Crippen LogP contribution in [0.2, 0.25) is 0 Å². The van der Waals surface area contributed by atoms with Crippen molar-refractivity contribution in [1.82, 2.24) is 5.32 Å². The number of ether oxygens (including phenoxy) is 1. The van der Waals surface area contributed by atoms with E-state index in [9.17, 15) is 0 Å². The first-order chi connectivity index (χ1) is 8.61. The molecule has 0 atom stereocenters. The number of rotatable bonds is 5. The molecule has 1 N–H and O–H groups in total. The minimum absolute atomic E-state index is 0.694. The highest BCUT2D eigenvalue weighted by Gasteiger charge is 2.09. The number of fused-ring (bicyclic) bond motifs is 1. The van der Waals surface area contributed by atoms with Gasteiger partial charge < -0.3 is 10.1 Å². The van der Waals surface area contributed by atoms with Crippen LogP contribution in [0, 0.1) is 12.8 Å². The molecule has 1 aromatic carbocycles. The van der Waals surface area contributed by atoms with Gasteiger partial charge in [0.15, 0.2) is 0 Å². The predicted octanol–water partition coefficient (Wildman–Crippen LogP) is 3.96. The van der Waals surface area contributed by atoms with Crippen molar-refractivity contribution in [2.45, 2.75) is 27.3 Å². The number of hydrogen-bond acceptors (Lipinski definition) is 3. The highest BCUT2D eigenvalue weighted by Crippen LogP contribution is 2.33. The Bertz CT molecular complexity index is 531. The lowest BCUT2D eigenvalue weighted by molar-refractivity contribution is 0.415. The molecule has 0 fully saturated rings. The van der Waals surface area contributed by atoms with Gasteiger partial charge in [-0.15, -0.1) is 11.3 Å². The van der Waals surface area contributed by atoms with Gasteiger partial charge in [0.25, 0.3) is 0 Å². The number of nitrogens with one attached hydrogen (secondary N) is 1. The molecular formula is C15H21NOS. The molecule has 2 aromatic rings. The first-order valence-corrected chi connectivity index (χ1v) is 7.20. The fraction of sp³-hybridized carbons (Fsp3) is 0.467. The molecule has 0 saturated carbocycles. The van der Waals surface area contributed by atoms with Crippen molar-refractivity contribution >= 4 is 21.4 Å². The van der Waals surface area contributed by atoms with E-state index in [4.69, 9.17) is 4.74 Å². The van der Waals surface area contributed by atoms with Crippen molar-refractivity contribution in [3.05, 3.63) is 28.6 Å². The largest absolute Gasteiger partial charge is 0.497 e. The first kappa shape index (κ1) is 13.4. The summed E-state index contributed by atoms with van der Waals surface area (Å²) in [5, 5.41) is 4.86. The molecule has 1 heterocycles. The SMILES string of the molecule is COc1ccc2c(C)c(CNCC(C)C)sc2c1. The Balaban J connectivity index is 2.21. The van der Waals surface area contributed by atoms with Crippen molar-refractivity contribution in [3.8, 4) is 5.75 Å². The second-order valence-corrected chi connectivity index (χ2v) is 6.17. The van der Waals surface area contributed by atoms with Crippen molar-refractivity contribution in [1.29, 1.82) is 0 Å². The molecule has 0 radical (unpaired) electrons. The summed E-state index contributed by atoms with van der Waals surface area (Å²) in [6.07, 6.45) is 0. The van der Waals surface area contributed by atoms with E-state index in [1.165, 1.54) is 20.5 Å². The van der Waals surface area contributed by atoms with Gasteiger partial charge in [0.2, 0.25) is 0 Å². The maximum Gasteiger partial charge on any atom is 0.120 e. The smallest absolute Gasteiger partial charge is 0.120 e. The number of thiophene rings is 1. The van der Waals surface area contributed by atoms with Crippen LogP contribution in [0.1, 0.15) is 24.3 Å². The lowest BCUT2D eigenvalue weighted by Crippen LogP contribution is -2.18. The Hall–Kier alpha value is -1.06. The molecule has 0 aliphatic heterocycles. The number of methoxy groups -OCH3 is 1. The van der Waals surface area contributed by atoms with E-state index >= 15 is 0 Å². The van der Waals surface area contributed by atoms with Gasteiger partial charge in [0, 0.05) is 16.1 Å². The van der Waals surface area contributed by atoms with Crippen LogP contribution >= 0.6 is 11.3 Å².